The number of hydrogen-bond donors (Lipinski definition) is 6. The Labute approximate surface area is 402 Å². The van der Waals surface area contributed by atoms with Crippen LogP contribution in [-0.4, -0.2) is 87.5 Å². The molecule has 1 fully saturated rings. The molecule has 7 atom stereocenters. The lowest BCUT2D eigenvalue weighted by molar-refractivity contribution is -0.302. The van der Waals surface area contributed by atoms with E-state index in [1.807, 2.05) is 0 Å². The quantitative estimate of drug-likeness (QED) is 0.0330. The average Bonchev–Trinajstić information content (AvgIpc) is 3.31. The molecule has 1 aliphatic heterocycles. The second-order valence-corrected chi connectivity index (χ2v) is 20.5. The zero-order valence-corrected chi connectivity index (χ0v) is 43.0. The minimum Gasteiger partial charge on any atom is -0.394 e. The molecule has 0 aromatic rings. The van der Waals surface area contributed by atoms with Gasteiger partial charge in [0.2, 0.25) is 5.91 Å². The van der Waals surface area contributed by atoms with Gasteiger partial charge in [-0.25, -0.2) is 0 Å². The number of aliphatic hydroxyl groups is 5. The van der Waals surface area contributed by atoms with Crippen LogP contribution in [0.1, 0.15) is 296 Å². The second kappa shape index (κ2) is 46.9. The van der Waals surface area contributed by atoms with Crippen LogP contribution >= 0.6 is 0 Å². The van der Waals surface area contributed by atoms with Crippen LogP contribution in [0, 0.1) is 0 Å². The maximum absolute atomic E-state index is 12.9. The summed E-state index contributed by atoms with van der Waals surface area (Å²) in [6.45, 7) is 3.84. The number of amides is 1. The zero-order valence-electron chi connectivity index (χ0n) is 43.0. The molecule has 65 heavy (non-hydrogen) atoms. The number of carbonyl (C=O) groups excluding carboxylic acids is 1. The number of aliphatic hydroxyl groups excluding tert-OH is 5. The molecular weight excluding hydrogens is 815 g/mol. The maximum atomic E-state index is 12.9. The van der Waals surface area contributed by atoms with Gasteiger partial charge in [0.1, 0.15) is 24.4 Å². The second-order valence-electron chi connectivity index (χ2n) is 20.5. The third-order valence-electron chi connectivity index (χ3n) is 14.2. The Kier molecular flexibility index (Phi) is 44.9. The van der Waals surface area contributed by atoms with Gasteiger partial charge in [-0.3, -0.25) is 4.79 Å². The normalized spacial score (nSPS) is 19.8. The van der Waals surface area contributed by atoms with Crippen molar-refractivity contribution in [2.24, 2.45) is 0 Å². The fourth-order valence-corrected chi connectivity index (χ4v) is 9.64. The highest BCUT2D eigenvalue weighted by atomic mass is 16.7. The molecular formula is C56H111NO8. The third kappa shape index (κ3) is 36.8. The van der Waals surface area contributed by atoms with Crippen LogP contribution in [0.5, 0.6) is 0 Å². The van der Waals surface area contributed by atoms with Gasteiger partial charge in [0.25, 0.3) is 0 Å². The Bertz CT molecular complexity index is 986. The maximum Gasteiger partial charge on any atom is 0.220 e. The first-order chi connectivity index (χ1) is 31.8. The van der Waals surface area contributed by atoms with E-state index in [-0.39, 0.29) is 12.5 Å². The van der Waals surface area contributed by atoms with E-state index < -0.39 is 49.5 Å². The minimum absolute atomic E-state index is 0.132. The molecule has 0 bridgehead atoms. The highest BCUT2D eigenvalue weighted by Crippen LogP contribution is 2.23. The van der Waals surface area contributed by atoms with Crippen LogP contribution < -0.4 is 5.32 Å². The summed E-state index contributed by atoms with van der Waals surface area (Å²) in [4.78, 5) is 12.9. The summed E-state index contributed by atoms with van der Waals surface area (Å²) < 4.78 is 11.3. The number of carbonyl (C=O) groups is 1. The Morgan fingerprint density at radius 2 is 0.769 bits per heavy atom. The summed E-state index contributed by atoms with van der Waals surface area (Å²) in [5.74, 6) is -0.143. The number of hydrogen-bond acceptors (Lipinski definition) is 8. The largest absolute Gasteiger partial charge is 0.394 e. The lowest BCUT2D eigenvalue weighted by Crippen LogP contribution is -2.60. The van der Waals surface area contributed by atoms with Crippen molar-refractivity contribution in [1.29, 1.82) is 0 Å². The van der Waals surface area contributed by atoms with Gasteiger partial charge in [-0.2, -0.15) is 0 Å². The van der Waals surface area contributed by atoms with E-state index in [1.54, 1.807) is 0 Å². The predicted molar refractivity (Wildman–Crippen MR) is 272 cm³/mol. The van der Waals surface area contributed by atoms with Gasteiger partial charge in [-0.1, -0.05) is 277 Å². The van der Waals surface area contributed by atoms with E-state index in [0.29, 0.717) is 12.8 Å². The van der Waals surface area contributed by atoms with Gasteiger partial charge in [0.15, 0.2) is 6.29 Å². The van der Waals surface area contributed by atoms with E-state index in [0.717, 1.165) is 38.5 Å². The van der Waals surface area contributed by atoms with Crippen LogP contribution in [0.2, 0.25) is 0 Å². The van der Waals surface area contributed by atoms with Gasteiger partial charge in [0, 0.05) is 6.42 Å². The number of ether oxygens (including phenoxy) is 2. The van der Waals surface area contributed by atoms with E-state index in [4.69, 9.17) is 9.47 Å². The highest BCUT2D eigenvalue weighted by molar-refractivity contribution is 5.76. The molecule has 0 spiro atoms. The minimum atomic E-state index is -1.55. The van der Waals surface area contributed by atoms with Crippen LogP contribution in [0.3, 0.4) is 0 Å². The van der Waals surface area contributed by atoms with Crippen LogP contribution in [0.15, 0.2) is 0 Å². The van der Waals surface area contributed by atoms with Crippen molar-refractivity contribution in [3.8, 4) is 0 Å². The molecule has 7 unspecified atom stereocenters. The van der Waals surface area contributed by atoms with E-state index >= 15 is 0 Å². The van der Waals surface area contributed by atoms with Crippen molar-refractivity contribution in [2.75, 3.05) is 13.2 Å². The number of nitrogens with one attached hydrogen (secondary N) is 1. The van der Waals surface area contributed by atoms with Gasteiger partial charge in [-0.05, 0) is 12.8 Å². The first-order valence-corrected chi connectivity index (χ1v) is 28.7. The molecule has 1 aliphatic rings. The molecule has 0 saturated carbocycles. The molecule has 1 heterocycles. The molecule has 388 valence electrons. The Morgan fingerprint density at radius 1 is 0.462 bits per heavy atom. The standard InChI is InChI=1S/C56H111NO8/c1-3-5-7-9-11-13-14-15-16-17-18-19-20-21-22-23-24-25-26-27-28-29-30-31-32-33-34-35-36-38-39-41-43-45-50(59)49(48-64-56-55(63)54(62)53(61)51(47-58)65-56)57-52(60)46-44-42-40-37-12-10-8-6-4-2/h49-51,53-56,58-59,61-63H,3-48H2,1-2H3,(H,57,60). The summed E-state index contributed by atoms with van der Waals surface area (Å²) in [6.07, 6.45) is 48.9. The van der Waals surface area contributed by atoms with E-state index in [9.17, 15) is 30.3 Å². The molecule has 0 radical (unpaired) electrons. The predicted octanol–water partition coefficient (Wildman–Crippen LogP) is 13.9. The summed E-state index contributed by atoms with van der Waals surface area (Å²) >= 11 is 0. The molecule has 0 aliphatic carbocycles. The van der Waals surface area contributed by atoms with Crippen molar-refractivity contribution in [1.82, 2.24) is 5.32 Å². The van der Waals surface area contributed by atoms with Gasteiger partial charge < -0.3 is 40.3 Å². The van der Waals surface area contributed by atoms with E-state index in [2.05, 4.69) is 19.2 Å². The number of rotatable bonds is 50. The lowest BCUT2D eigenvalue weighted by atomic mass is 9.99. The lowest BCUT2D eigenvalue weighted by Gasteiger charge is -2.40. The Morgan fingerprint density at radius 3 is 1.09 bits per heavy atom. The van der Waals surface area contributed by atoms with Crippen molar-refractivity contribution >= 4 is 5.91 Å². The van der Waals surface area contributed by atoms with Gasteiger partial charge in [-0.15, -0.1) is 0 Å². The molecule has 9 nitrogen and oxygen atoms in total. The molecule has 0 aromatic carbocycles. The zero-order chi connectivity index (χ0) is 47.3. The molecule has 6 N–H and O–H groups in total. The van der Waals surface area contributed by atoms with Crippen molar-refractivity contribution in [3.63, 3.8) is 0 Å². The average molecular weight is 927 g/mol. The van der Waals surface area contributed by atoms with Crippen molar-refractivity contribution < 1.29 is 39.8 Å². The third-order valence-corrected chi connectivity index (χ3v) is 14.2. The van der Waals surface area contributed by atoms with E-state index in [1.165, 1.54) is 231 Å². The van der Waals surface area contributed by atoms with Crippen LogP contribution in [-0.2, 0) is 14.3 Å². The summed E-state index contributed by atoms with van der Waals surface area (Å²) in [7, 11) is 0. The Hall–Kier alpha value is -0.810. The topological polar surface area (TPSA) is 149 Å². The first kappa shape index (κ1) is 62.2. The SMILES string of the molecule is CCCCCCCCCCCCCCCCCCCCCCCCCCCCCCCCCCCC(O)C(COC1OC(CO)C(O)C(O)C1O)NC(=O)CCCCCCCCCCC. The first-order valence-electron chi connectivity index (χ1n) is 28.7. The number of unbranched alkanes of at least 4 members (excludes halogenated alkanes) is 40. The fourth-order valence-electron chi connectivity index (χ4n) is 9.64. The van der Waals surface area contributed by atoms with Crippen LogP contribution in [0.25, 0.3) is 0 Å². The molecule has 9 heteroatoms. The van der Waals surface area contributed by atoms with Crippen molar-refractivity contribution in [2.45, 2.75) is 339 Å². The Balaban J connectivity index is 2.04. The molecule has 1 saturated heterocycles. The van der Waals surface area contributed by atoms with Crippen molar-refractivity contribution in [3.05, 3.63) is 0 Å². The molecule has 0 aromatic heterocycles. The summed E-state index contributed by atoms with van der Waals surface area (Å²) in [5, 5.41) is 54.4. The smallest absolute Gasteiger partial charge is 0.220 e. The van der Waals surface area contributed by atoms with Gasteiger partial charge >= 0.3 is 0 Å². The molecule has 1 rings (SSSR count). The molecule has 1 amide bonds. The highest BCUT2D eigenvalue weighted by Gasteiger charge is 2.44. The van der Waals surface area contributed by atoms with Gasteiger partial charge in [0.05, 0.1) is 25.4 Å². The van der Waals surface area contributed by atoms with Crippen LogP contribution in [0.4, 0.5) is 0 Å². The summed E-state index contributed by atoms with van der Waals surface area (Å²) in [5.41, 5.74) is 0. The fraction of sp³-hybridized carbons (Fsp3) is 0.982. The monoisotopic (exact) mass is 926 g/mol. The summed E-state index contributed by atoms with van der Waals surface area (Å²) in [6, 6.07) is -0.711.